The molecule has 0 saturated carbocycles. The van der Waals surface area contributed by atoms with Gasteiger partial charge in [-0.15, -0.1) is 18.3 Å². The van der Waals surface area contributed by atoms with Crippen LogP contribution in [-0.2, 0) is 13.2 Å². The number of hydrogen-bond donors (Lipinski definition) is 2. The summed E-state index contributed by atoms with van der Waals surface area (Å²) >= 11 is 0. The lowest BCUT2D eigenvalue weighted by atomic mass is 10.1. The molecule has 7 nitrogen and oxygen atoms in total. The van der Waals surface area contributed by atoms with Crippen molar-refractivity contribution in [1.29, 1.82) is 0 Å². The van der Waals surface area contributed by atoms with Crippen molar-refractivity contribution in [1.82, 2.24) is 20.6 Å². The molecule has 0 bridgehead atoms. The minimum absolute atomic E-state index is 0.0210. The number of rotatable bonds is 6. The molecule has 30 heavy (non-hydrogen) atoms. The molecule has 2 heterocycles. The molecule has 0 aliphatic carbocycles. The summed E-state index contributed by atoms with van der Waals surface area (Å²) < 4.78 is 74.0. The molecule has 0 aliphatic rings. The van der Waals surface area contributed by atoms with E-state index >= 15 is 0 Å². The Kier molecular flexibility index (Phi) is 4.98. The number of H-pyrrole nitrogens is 1. The van der Waals surface area contributed by atoms with Crippen LogP contribution in [0.1, 0.15) is 11.1 Å². The molecule has 156 valence electrons. The molecule has 4 rings (SSSR count). The minimum Gasteiger partial charge on any atom is -0.453 e. The van der Waals surface area contributed by atoms with E-state index in [1.54, 1.807) is 6.07 Å². The number of nitrogens with one attached hydrogen (secondary N) is 2. The Morgan fingerprint density at radius 1 is 1.10 bits per heavy atom. The van der Waals surface area contributed by atoms with E-state index in [9.17, 15) is 22.0 Å². The number of ether oxygens (including phenoxy) is 1. The van der Waals surface area contributed by atoms with E-state index in [0.29, 0.717) is 22.4 Å². The van der Waals surface area contributed by atoms with E-state index in [-0.39, 0.29) is 23.5 Å². The maximum absolute atomic E-state index is 14.4. The van der Waals surface area contributed by atoms with E-state index in [4.69, 9.17) is 4.42 Å². The number of tetrazole rings is 1. The third kappa shape index (κ3) is 4.16. The summed E-state index contributed by atoms with van der Waals surface area (Å²) in [6.45, 7) is -1.18. The van der Waals surface area contributed by atoms with Crippen molar-refractivity contribution in [2.75, 3.05) is 5.32 Å². The molecular weight excluding hydrogens is 413 g/mol. The average molecular weight is 425 g/mol. The number of anilines is 1. The van der Waals surface area contributed by atoms with Crippen LogP contribution in [0.25, 0.3) is 22.6 Å². The van der Waals surface area contributed by atoms with Gasteiger partial charge >= 0.3 is 6.36 Å². The first-order valence-corrected chi connectivity index (χ1v) is 8.47. The second-order valence-electron chi connectivity index (χ2n) is 6.20. The maximum Gasteiger partial charge on any atom is 0.573 e. The van der Waals surface area contributed by atoms with Crippen molar-refractivity contribution in [3.05, 3.63) is 53.3 Å². The van der Waals surface area contributed by atoms with Gasteiger partial charge in [0.25, 0.3) is 0 Å². The van der Waals surface area contributed by atoms with Gasteiger partial charge in [-0.05, 0) is 46.8 Å². The van der Waals surface area contributed by atoms with Crippen molar-refractivity contribution >= 4 is 16.7 Å². The fourth-order valence-electron chi connectivity index (χ4n) is 2.83. The van der Waals surface area contributed by atoms with Crippen molar-refractivity contribution < 1.29 is 31.1 Å². The summed E-state index contributed by atoms with van der Waals surface area (Å²) in [5, 5.41) is 16.5. The Balaban J connectivity index is 1.53. The molecular formula is C18H12F5N5O2. The van der Waals surface area contributed by atoms with Gasteiger partial charge in [-0.1, -0.05) is 0 Å². The topological polar surface area (TPSA) is 88.9 Å². The molecule has 0 amide bonds. The van der Waals surface area contributed by atoms with Crippen LogP contribution in [0.2, 0.25) is 0 Å². The third-order valence-corrected chi connectivity index (χ3v) is 4.18. The van der Waals surface area contributed by atoms with Gasteiger partial charge in [-0.2, -0.15) is 0 Å². The largest absolute Gasteiger partial charge is 0.573 e. The van der Waals surface area contributed by atoms with Gasteiger partial charge in [0.15, 0.2) is 5.76 Å². The first-order chi connectivity index (χ1) is 14.3. The van der Waals surface area contributed by atoms with Gasteiger partial charge < -0.3 is 14.5 Å². The molecule has 2 aromatic carbocycles. The lowest BCUT2D eigenvalue weighted by Gasteiger charge is -2.14. The number of halogens is 5. The monoisotopic (exact) mass is 425 g/mol. The zero-order valence-electron chi connectivity index (χ0n) is 14.9. The van der Waals surface area contributed by atoms with Crippen molar-refractivity contribution in [3.63, 3.8) is 0 Å². The zero-order chi connectivity index (χ0) is 21.3. The lowest BCUT2D eigenvalue weighted by molar-refractivity contribution is -0.275. The van der Waals surface area contributed by atoms with E-state index in [1.807, 2.05) is 0 Å². The smallest absolute Gasteiger partial charge is 0.453 e. The number of benzene rings is 2. The van der Waals surface area contributed by atoms with Crippen molar-refractivity contribution in [2.24, 2.45) is 0 Å². The average Bonchev–Trinajstić information content (AvgIpc) is 3.35. The van der Waals surface area contributed by atoms with Crippen LogP contribution in [0, 0.1) is 5.82 Å². The van der Waals surface area contributed by atoms with Gasteiger partial charge in [0.2, 0.25) is 5.82 Å². The fourth-order valence-corrected chi connectivity index (χ4v) is 2.83. The Morgan fingerprint density at radius 3 is 2.63 bits per heavy atom. The Bertz CT molecular complexity index is 1170. The molecule has 0 unspecified atom stereocenters. The molecule has 0 fully saturated rings. The number of alkyl halides is 4. The Labute approximate surface area is 164 Å². The van der Waals surface area contributed by atoms with Crippen molar-refractivity contribution in [2.45, 2.75) is 19.6 Å². The molecule has 0 saturated heterocycles. The van der Waals surface area contributed by atoms with Crippen LogP contribution in [-0.4, -0.2) is 27.0 Å². The first kappa shape index (κ1) is 19.6. The van der Waals surface area contributed by atoms with E-state index in [2.05, 4.69) is 30.7 Å². The summed E-state index contributed by atoms with van der Waals surface area (Å²) in [4.78, 5) is 0. The van der Waals surface area contributed by atoms with Crippen LogP contribution >= 0.6 is 0 Å². The molecule has 0 atom stereocenters. The standard InChI is InChI=1S/C18H12F5N5O2/c19-7-10-3-12(1-2-14(10)30-18(21,22)23)24-8-11-6-15-9(4-13(11)20)5-16(29-15)17-25-27-28-26-17/h1-6,24H,7-8H2,(H,25,26,27,28). The molecule has 12 heteroatoms. The molecule has 0 aliphatic heterocycles. The van der Waals surface area contributed by atoms with Crippen molar-refractivity contribution in [3.8, 4) is 17.3 Å². The van der Waals surface area contributed by atoms with E-state index in [0.717, 1.165) is 6.07 Å². The van der Waals surface area contributed by atoms with Gasteiger partial charge in [0.05, 0.1) is 0 Å². The predicted octanol–water partition coefficient (Wildman–Crippen LogP) is 4.73. The Morgan fingerprint density at radius 2 is 1.93 bits per heavy atom. The highest BCUT2D eigenvalue weighted by molar-refractivity contribution is 5.82. The SMILES string of the molecule is FCc1cc(NCc2cc3oc(-c4nnn[nH]4)cc3cc2F)ccc1OC(F)(F)F. The van der Waals surface area contributed by atoms with Gasteiger partial charge in [-0.25, -0.2) is 13.9 Å². The van der Waals surface area contributed by atoms with Gasteiger partial charge in [-0.3, -0.25) is 0 Å². The van der Waals surface area contributed by atoms with Gasteiger partial charge in [0.1, 0.15) is 23.8 Å². The number of fused-ring (bicyclic) bond motifs is 1. The second-order valence-corrected chi connectivity index (χ2v) is 6.20. The molecule has 0 radical (unpaired) electrons. The number of furan rings is 1. The number of hydrogen-bond acceptors (Lipinski definition) is 6. The minimum atomic E-state index is -4.93. The highest BCUT2D eigenvalue weighted by atomic mass is 19.4. The van der Waals surface area contributed by atoms with Crippen LogP contribution in [0.5, 0.6) is 5.75 Å². The van der Waals surface area contributed by atoms with Crippen LogP contribution < -0.4 is 10.1 Å². The first-order valence-electron chi connectivity index (χ1n) is 8.47. The molecule has 4 aromatic rings. The second kappa shape index (κ2) is 7.61. The van der Waals surface area contributed by atoms with Crippen LogP contribution in [0.4, 0.5) is 27.6 Å². The molecule has 2 aromatic heterocycles. The normalized spacial score (nSPS) is 11.8. The molecule has 2 N–H and O–H groups in total. The van der Waals surface area contributed by atoms with E-state index < -0.39 is 24.6 Å². The Hall–Kier alpha value is -3.70. The lowest BCUT2D eigenvalue weighted by Crippen LogP contribution is -2.18. The summed E-state index contributed by atoms with van der Waals surface area (Å²) in [5.74, 6) is -0.549. The highest BCUT2D eigenvalue weighted by Crippen LogP contribution is 2.31. The third-order valence-electron chi connectivity index (χ3n) is 4.18. The number of nitrogens with zero attached hydrogens (tertiary/aromatic N) is 3. The highest BCUT2D eigenvalue weighted by Gasteiger charge is 2.32. The quantitative estimate of drug-likeness (QED) is 0.434. The van der Waals surface area contributed by atoms with Crippen LogP contribution in [0.15, 0.2) is 40.8 Å². The number of aromatic nitrogens is 4. The van der Waals surface area contributed by atoms with E-state index in [1.165, 1.54) is 24.3 Å². The summed E-state index contributed by atoms with van der Waals surface area (Å²) in [6.07, 6.45) is -4.93. The molecule has 0 spiro atoms. The van der Waals surface area contributed by atoms with Gasteiger partial charge in [0, 0.05) is 28.7 Å². The van der Waals surface area contributed by atoms with Crippen LogP contribution in [0.3, 0.4) is 0 Å². The summed E-state index contributed by atoms with van der Waals surface area (Å²) in [6, 6.07) is 7.76. The zero-order valence-corrected chi connectivity index (χ0v) is 14.9. The predicted molar refractivity (Wildman–Crippen MR) is 94.6 cm³/mol. The maximum atomic E-state index is 14.4. The number of aromatic amines is 1. The summed E-state index contributed by atoms with van der Waals surface area (Å²) in [7, 11) is 0. The summed E-state index contributed by atoms with van der Waals surface area (Å²) in [5.41, 5.74) is 0.628. The fraction of sp³-hybridized carbons (Fsp3) is 0.167.